The van der Waals surface area contributed by atoms with Crippen molar-refractivity contribution in [3.63, 3.8) is 0 Å². The summed E-state index contributed by atoms with van der Waals surface area (Å²) in [7, 11) is 0. The number of carbonyl (C=O) groups excluding carboxylic acids is 1. The van der Waals surface area contributed by atoms with E-state index in [4.69, 9.17) is 9.94 Å². The van der Waals surface area contributed by atoms with E-state index in [0.29, 0.717) is 29.0 Å². The molecule has 0 saturated heterocycles. The number of hydroxylamine groups is 1. The van der Waals surface area contributed by atoms with Gasteiger partial charge in [0.05, 0.1) is 5.71 Å². The molecule has 2 heterocycles. The summed E-state index contributed by atoms with van der Waals surface area (Å²) in [6, 6.07) is 8.96. The van der Waals surface area contributed by atoms with Crippen LogP contribution in [0.25, 0.3) is 0 Å². The number of allylic oxidation sites excluding steroid dienone is 2. The van der Waals surface area contributed by atoms with E-state index < -0.39 is 17.8 Å². The van der Waals surface area contributed by atoms with Gasteiger partial charge in [0.15, 0.2) is 0 Å². The smallest absolute Gasteiger partial charge is 0.433 e. The highest BCUT2D eigenvalue weighted by Crippen LogP contribution is 2.40. The maximum absolute atomic E-state index is 13.0. The summed E-state index contributed by atoms with van der Waals surface area (Å²) in [5.41, 5.74) is 2.20. The third-order valence-electron chi connectivity index (χ3n) is 4.56. The lowest BCUT2D eigenvalue weighted by molar-refractivity contribution is -0.141. The van der Waals surface area contributed by atoms with Gasteiger partial charge in [-0.1, -0.05) is 30.4 Å². The molecule has 1 aromatic carbocycles. The first-order valence-corrected chi connectivity index (χ1v) is 8.63. The summed E-state index contributed by atoms with van der Waals surface area (Å²) in [6.07, 6.45) is 0.775. The number of fused-ring (bicyclic) bond motifs is 2. The number of rotatable bonds is 2. The Bertz CT molecular complexity index is 1070. The molecule has 1 aliphatic carbocycles. The van der Waals surface area contributed by atoms with Crippen LogP contribution >= 0.6 is 0 Å². The molecule has 9 heteroatoms. The quantitative estimate of drug-likeness (QED) is 0.579. The molecule has 1 amide bonds. The van der Waals surface area contributed by atoms with Crippen molar-refractivity contribution in [2.45, 2.75) is 12.6 Å². The van der Waals surface area contributed by atoms with Gasteiger partial charge in [0, 0.05) is 17.1 Å². The average molecular weight is 401 g/mol. The highest BCUT2D eigenvalue weighted by Gasteiger charge is 2.34. The van der Waals surface area contributed by atoms with Crippen LogP contribution in [0, 0.1) is 5.92 Å². The fourth-order valence-corrected chi connectivity index (χ4v) is 3.15. The van der Waals surface area contributed by atoms with Crippen molar-refractivity contribution in [2.75, 3.05) is 0 Å². The normalized spacial score (nSPS) is 17.9. The van der Waals surface area contributed by atoms with Gasteiger partial charge in [-0.3, -0.25) is 10.0 Å². The van der Waals surface area contributed by atoms with Gasteiger partial charge in [-0.15, -0.1) is 0 Å². The Hall–Kier alpha value is -3.46. The third kappa shape index (κ3) is 3.64. The maximum atomic E-state index is 13.0. The van der Waals surface area contributed by atoms with E-state index >= 15 is 0 Å². The van der Waals surface area contributed by atoms with Gasteiger partial charge in [0.2, 0.25) is 5.88 Å². The predicted octanol–water partition coefficient (Wildman–Crippen LogP) is 4.33. The first-order valence-electron chi connectivity index (χ1n) is 8.63. The number of alkyl halides is 3. The number of halogens is 3. The number of ether oxygens (including phenoxy) is 1. The minimum atomic E-state index is -4.60. The number of hydrogen-bond acceptors (Lipinski definition) is 5. The number of hydrogen-bond donors (Lipinski definition) is 2. The third-order valence-corrected chi connectivity index (χ3v) is 4.56. The minimum absolute atomic E-state index is 0.181. The highest BCUT2D eigenvalue weighted by molar-refractivity contribution is 6.08. The number of amides is 1. The van der Waals surface area contributed by atoms with Gasteiger partial charge in [-0.05, 0) is 30.7 Å². The van der Waals surface area contributed by atoms with Crippen molar-refractivity contribution < 1.29 is 27.9 Å². The van der Waals surface area contributed by atoms with Gasteiger partial charge in [0.25, 0.3) is 5.91 Å². The molecule has 2 aromatic rings. The average Bonchev–Trinajstić information content (AvgIpc) is 2.88. The number of nitrogens with one attached hydrogen (secondary N) is 1. The molecule has 1 aliphatic heterocycles. The fourth-order valence-electron chi connectivity index (χ4n) is 3.15. The molecule has 148 valence electrons. The van der Waals surface area contributed by atoms with E-state index in [1.807, 2.05) is 0 Å². The van der Waals surface area contributed by atoms with E-state index in [2.05, 4.69) is 9.98 Å². The van der Waals surface area contributed by atoms with E-state index in [9.17, 15) is 18.0 Å². The van der Waals surface area contributed by atoms with E-state index in [1.165, 1.54) is 6.07 Å². The Labute approximate surface area is 163 Å². The zero-order valence-corrected chi connectivity index (χ0v) is 14.8. The molecular weight excluding hydrogens is 387 g/mol. The molecule has 0 radical (unpaired) electrons. The monoisotopic (exact) mass is 401 g/mol. The van der Waals surface area contributed by atoms with Crippen molar-refractivity contribution >= 4 is 17.3 Å². The summed E-state index contributed by atoms with van der Waals surface area (Å²) >= 11 is 0. The van der Waals surface area contributed by atoms with Crippen molar-refractivity contribution in [1.82, 2.24) is 10.5 Å². The Balaban J connectivity index is 1.77. The van der Waals surface area contributed by atoms with Crippen LogP contribution in [0.3, 0.4) is 0 Å². The fraction of sp³-hybridized carbons (Fsp3) is 0.150. The van der Waals surface area contributed by atoms with Gasteiger partial charge in [0.1, 0.15) is 17.1 Å². The largest absolute Gasteiger partial charge is 0.436 e. The number of pyridine rings is 1. The summed E-state index contributed by atoms with van der Waals surface area (Å²) in [5.74, 6) is -0.755. The van der Waals surface area contributed by atoms with Crippen LogP contribution in [-0.2, 0) is 11.0 Å². The first kappa shape index (κ1) is 18.9. The van der Waals surface area contributed by atoms with Crippen LogP contribution < -0.4 is 10.2 Å². The second-order valence-electron chi connectivity index (χ2n) is 6.42. The Morgan fingerprint density at radius 3 is 2.69 bits per heavy atom. The van der Waals surface area contributed by atoms with Crippen LogP contribution in [0.4, 0.5) is 18.9 Å². The summed E-state index contributed by atoms with van der Waals surface area (Å²) in [6.45, 7) is 0. The van der Waals surface area contributed by atoms with Gasteiger partial charge >= 0.3 is 6.18 Å². The number of aliphatic imine (C=N–C) groups is 1. The van der Waals surface area contributed by atoms with Crippen molar-refractivity contribution in [1.29, 1.82) is 0 Å². The lowest BCUT2D eigenvalue weighted by Crippen LogP contribution is -2.22. The van der Waals surface area contributed by atoms with Gasteiger partial charge < -0.3 is 4.74 Å². The van der Waals surface area contributed by atoms with Crippen LogP contribution in [-0.4, -0.2) is 21.8 Å². The predicted molar refractivity (Wildman–Crippen MR) is 97.2 cm³/mol. The van der Waals surface area contributed by atoms with E-state index in [1.54, 1.807) is 48.0 Å². The second kappa shape index (κ2) is 7.17. The number of benzene rings is 1. The molecule has 6 nitrogen and oxygen atoms in total. The SMILES string of the molecule is O=C(NO)C1=CCC(C2=Nc3ccc(C(F)(F)F)nc3Oc3ccccc32)C=C1. The molecule has 29 heavy (non-hydrogen) atoms. The molecule has 1 unspecified atom stereocenters. The number of aromatic nitrogens is 1. The van der Waals surface area contributed by atoms with E-state index in [-0.39, 0.29) is 17.5 Å². The molecule has 0 saturated carbocycles. The van der Waals surface area contributed by atoms with E-state index in [0.717, 1.165) is 6.07 Å². The van der Waals surface area contributed by atoms with Crippen molar-refractivity contribution in [3.05, 3.63) is 71.5 Å². The summed E-state index contributed by atoms with van der Waals surface area (Å²) in [5, 5.41) is 8.76. The minimum Gasteiger partial charge on any atom is -0.436 e. The standard InChI is InChI=1S/C20H14F3N3O3/c21-20(22,23)16-10-9-14-19(25-16)29-15-4-2-1-3-13(15)17(24-14)11-5-7-12(8-6-11)18(27)26-28/h1-5,7-11,28H,6H2,(H,26,27). The number of carbonyl (C=O) groups is 1. The highest BCUT2D eigenvalue weighted by atomic mass is 19.4. The van der Waals surface area contributed by atoms with Crippen LogP contribution in [0.1, 0.15) is 17.7 Å². The lowest BCUT2D eigenvalue weighted by Gasteiger charge is -2.18. The maximum Gasteiger partial charge on any atom is 0.433 e. The topological polar surface area (TPSA) is 83.8 Å². The summed E-state index contributed by atoms with van der Waals surface area (Å²) < 4.78 is 44.8. The van der Waals surface area contributed by atoms with Gasteiger partial charge in [-0.25, -0.2) is 15.5 Å². The zero-order valence-electron chi connectivity index (χ0n) is 14.8. The Morgan fingerprint density at radius 2 is 2.00 bits per heavy atom. The summed E-state index contributed by atoms with van der Waals surface area (Å²) in [4.78, 5) is 19.7. The Kier molecular flexibility index (Phi) is 4.67. The Morgan fingerprint density at radius 1 is 1.21 bits per heavy atom. The molecule has 0 bridgehead atoms. The number of para-hydroxylation sites is 1. The van der Waals surface area contributed by atoms with Gasteiger partial charge in [-0.2, -0.15) is 13.2 Å². The molecule has 0 fully saturated rings. The van der Waals surface area contributed by atoms with Crippen LogP contribution in [0.15, 0.2) is 65.2 Å². The molecule has 1 aromatic heterocycles. The molecule has 0 spiro atoms. The molecule has 2 N–H and O–H groups in total. The second-order valence-corrected chi connectivity index (χ2v) is 6.42. The zero-order chi connectivity index (χ0) is 20.6. The lowest BCUT2D eigenvalue weighted by atomic mass is 9.88. The van der Waals surface area contributed by atoms with Crippen LogP contribution in [0.5, 0.6) is 11.6 Å². The molecule has 1 atom stereocenters. The molecular formula is C20H14F3N3O3. The number of nitrogens with zero attached hydrogens (tertiary/aromatic N) is 2. The van der Waals surface area contributed by atoms with Crippen molar-refractivity contribution in [3.8, 4) is 11.6 Å². The van der Waals surface area contributed by atoms with Crippen LogP contribution in [0.2, 0.25) is 0 Å². The first-order chi connectivity index (χ1) is 13.9. The molecule has 2 aliphatic rings. The molecule has 4 rings (SSSR count). The van der Waals surface area contributed by atoms with Crippen molar-refractivity contribution in [2.24, 2.45) is 10.9 Å².